The van der Waals surface area contributed by atoms with E-state index in [9.17, 15) is 23.6 Å². The fourth-order valence-corrected chi connectivity index (χ4v) is 2.97. The Morgan fingerprint density at radius 1 is 1.23 bits per heavy atom. The van der Waals surface area contributed by atoms with E-state index in [-0.39, 0.29) is 22.0 Å². The summed E-state index contributed by atoms with van der Waals surface area (Å²) in [7, 11) is -2.68. The third kappa shape index (κ3) is 4.09. The van der Waals surface area contributed by atoms with Gasteiger partial charge in [0.25, 0.3) is 15.7 Å². The second-order valence-corrected chi connectivity index (χ2v) is 7.10. The molecule has 2 aromatic rings. The molecular formula is C16H17N3O6S. The van der Waals surface area contributed by atoms with E-state index in [1.807, 2.05) is 11.8 Å². The van der Waals surface area contributed by atoms with Gasteiger partial charge in [0.15, 0.2) is 11.5 Å². The van der Waals surface area contributed by atoms with Gasteiger partial charge in [-0.25, -0.2) is 4.83 Å². The molecule has 0 aliphatic carbocycles. The minimum absolute atomic E-state index is 0.0184. The summed E-state index contributed by atoms with van der Waals surface area (Å²) >= 11 is 0. The molecular weight excluding hydrogens is 362 g/mol. The number of phenolic OH excluding ortho intramolecular Hbond substituents is 1. The molecule has 0 saturated carbocycles. The standard InChI is InChI=1S/C16H17N3O6S/c1-10-4-5-13(6-11(10)2)26(23,24)18-17-9-12-7-15(20)16(25-3)8-14(12)19(21)22/h4-9,18,20H,1-3H3/b17-9+. The van der Waals surface area contributed by atoms with Gasteiger partial charge in [0.2, 0.25) is 0 Å². The first-order chi connectivity index (χ1) is 12.2. The van der Waals surface area contributed by atoms with Crippen LogP contribution < -0.4 is 9.57 Å². The number of nitrogens with one attached hydrogen (secondary N) is 1. The van der Waals surface area contributed by atoms with Gasteiger partial charge in [-0.05, 0) is 43.2 Å². The number of sulfonamides is 1. The minimum Gasteiger partial charge on any atom is -0.504 e. The maximum absolute atomic E-state index is 12.2. The third-order valence-electron chi connectivity index (χ3n) is 3.69. The number of nitro benzene ring substituents is 1. The van der Waals surface area contributed by atoms with Crippen LogP contribution in [-0.4, -0.2) is 31.8 Å². The summed E-state index contributed by atoms with van der Waals surface area (Å²) in [6, 6.07) is 6.68. The van der Waals surface area contributed by atoms with Crippen molar-refractivity contribution in [2.75, 3.05) is 7.11 Å². The first kappa shape index (κ1) is 19.2. The smallest absolute Gasteiger partial charge is 0.282 e. The van der Waals surface area contributed by atoms with Crippen molar-refractivity contribution in [2.24, 2.45) is 5.10 Å². The second-order valence-electron chi connectivity index (χ2n) is 5.44. The van der Waals surface area contributed by atoms with Crippen LogP contribution in [0.15, 0.2) is 40.3 Å². The van der Waals surface area contributed by atoms with E-state index < -0.39 is 20.6 Å². The van der Waals surface area contributed by atoms with Gasteiger partial charge in [-0.15, -0.1) is 0 Å². The number of hydrogen-bond acceptors (Lipinski definition) is 7. The molecule has 0 atom stereocenters. The van der Waals surface area contributed by atoms with Crippen LogP contribution in [0.2, 0.25) is 0 Å². The van der Waals surface area contributed by atoms with E-state index in [4.69, 9.17) is 4.74 Å². The van der Waals surface area contributed by atoms with Crippen LogP contribution in [0, 0.1) is 24.0 Å². The molecule has 9 nitrogen and oxygen atoms in total. The van der Waals surface area contributed by atoms with Crippen molar-refractivity contribution in [1.29, 1.82) is 0 Å². The Labute approximate surface area is 150 Å². The van der Waals surface area contributed by atoms with Crippen molar-refractivity contribution in [3.8, 4) is 11.5 Å². The lowest BCUT2D eigenvalue weighted by Crippen LogP contribution is -2.18. The number of benzene rings is 2. The zero-order chi connectivity index (χ0) is 19.5. The average Bonchev–Trinajstić information content (AvgIpc) is 2.57. The van der Waals surface area contributed by atoms with Crippen LogP contribution >= 0.6 is 0 Å². The molecule has 2 aromatic carbocycles. The zero-order valence-electron chi connectivity index (χ0n) is 14.3. The van der Waals surface area contributed by atoms with Crippen LogP contribution in [0.4, 0.5) is 5.69 Å². The van der Waals surface area contributed by atoms with Crippen molar-refractivity contribution < 1.29 is 23.2 Å². The van der Waals surface area contributed by atoms with E-state index in [2.05, 4.69) is 5.10 Å². The number of methoxy groups -OCH3 is 1. The predicted molar refractivity (Wildman–Crippen MR) is 95.1 cm³/mol. The molecule has 0 aromatic heterocycles. The zero-order valence-corrected chi connectivity index (χ0v) is 15.1. The molecule has 2 rings (SSSR count). The maximum atomic E-state index is 12.2. The fourth-order valence-electron chi connectivity index (χ4n) is 2.10. The number of nitrogens with zero attached hydrogens (tertiary/aromatic N) is 2. The third-order valence-corrected chi connectivity index (χ3v) is 4.91. The Morgan fingerprint density at radius 3 is 2.50 bits per heavy atom. The van der Waals surface area contributed by atoms with Crippen LogP contribution in [0.3, 0.4) is 0 Å². The van der Waals surface area contributed by atoms with E-state index in [1.54, 1.807) is 13.0 Å². The normalized spacial score (nSPS) is 11.5. The highest BCUT2D eigenvalue weighted by Gasteiger charge is 2.18. The molecule has 0 saturated heterocycles. The molecule has 0 spiro atoms. The Kier molecular flexibility index (Phi) is 5.46. The summed E-state index contributed by atoms with van der Waals surface area (Å²) in [4.78, 5) is 12.4. The number of rotatable bonds is 6. The first-order valence-electron chi connectivity index (χ1n) is 7.33. The van der Waals surface area contributed by atoms with E-state index >= 15 is 0 Å². The summed E-state index contributed by atoms with van der Waals surface area (Å²) in [5.74, 6) is -0.416. The Bertz CT molecular complexity index is 986. The molecule has 0 bridgehead atoms. The summed E-state index contributed by atoms with van der Waals surface area (Å²) < 4.78 is 29.3. The summed E-state index contributed by atoms with van der Waals surface area (Å²) in [5, 5.41) is 24.4. The highest BCUT2D eigenvalue weighted by molar-refractivity contribution is 7.89. The van der Waals surface area contributed by atoms with Gasteiger partial charge in [-0.3, -0.25) is 10.1 Å². The molecule has 0 amide bonds. The molecule has 0 aliphatic heterocycles. The highest BCUT2D eigenvalue weighted by Crippen LogP contribution is 2.32. The molecule has 0 unspecified atom stereocenters. The number of aryl methyl sites for hydroxylation is 2. The van der Waals surface area contributed by atoms with E-state index in [0.717, 1.165) is 29.5 Å². The quantitative estimate of drug-likeness (QED) is 0.449. The molecule has 0 fully saturated rings. The number of hydrogen-bond donors (Lipinski definition) is 2. The van der Waals surface area contributed by atoms with Crippen LogP contribution in [0.1, 0.15) is 16.7 Å². The lowest BCUT2D eigenvalue weighted by molar-refractivity contribution is -0.385. The summed E-state index contributed by atoms with van der Waals surface area (Å²) in [6.07, 6.45) is 0.940. The van der Waals surface area contributed by atoms with Crippen molar-refractivity contribution in [3.63, 3.8) is 0 Å². The van der Waals surface area contributed by atoms with Gasteiger partial charge in [-0.2, -0.15) is 13.5 Å². The predicted octanol–water partition coefficient (Wildman–Crippen LogP) is 2.24. The topological polar surface area (TPSA) is 131 Å². The van der Waals surface area contributed by atoms with Crippen molar-refractivity contribution in [3.05, 3.63) is 57.1 Å². The Balaban J connectivity index is 2.31. The van der Waals surface area contributed by atoms with Gasteiger partial charge in [0, 0.05) is 0 Å². The molecule has 138 valence electrons. The van der Waals surface area contributed by atoms with Gasteiger partial charge >= 0.3 is 0 Å². The van der Waals surface area contributed by atoms with E-state index in [0.29, 0.717) is 0 Å². The number of ether oxygens (including phenoxy) is 1. The minimum atomic E-state index is -3.93. The number of aromatic hydroxyl groups is 1. The summed E-state index contributed by atoms with van der Waals surface area (Å²) in [6.45, 7) is 3.63. The van der Waals surface area contributed by atoms with Gasteiger partial charge in [0.05, 0.1) is 34.8 Å². The Hall–Kier alpha value is -3.14. The lowest BCUT2D eigenvalue weighted by Gasteiger charge is -2.07. The number of hydrazone groups is 1. The van der Waals surface area contributed by atoms with E-state index in [1.165, 1.54) is 19.2 Å². The van der Waals surface area contributed by atoms with Crippen molar-refractivity contribution in [2.45, 2.75) is 18.7 Å². The SMILES string of the molecule is COc1cc([N+](=O)[O-])c(/C=N/NS(=O)(=O)c2ccc(C)c(C)c2)cc1O. The van der Waals surface area contributed by atoms with Crippen LogP contribution in [0.25, 0.3) is 0 Å². The molecule has 2 N–H and O–H groups in total. The molecule has 10 heteroatoms. The van der Waals surface area contributed by atoms with Crippen LogP contribution in [0.5, 0.6) is 11.5 Å². The molecule has 26 heavy (non-hydrogen) atoms. The first-order valence-corrected chi connectivity index (χ1v) is 8.81. The van der Waals surface area contributed by atoms with Gasteiger partial charge in [0.1, 0.15) is 0 Å². The summed E-state index contributed by atoms with van der Waals surface area (Å²) in [5.41, 5.74) is 1.26. The fraction of sp³-hybridized carbons (Fsp3) is 0.188. The molecule has 0 radical (unpaired) electrons. The van der Waals surface area contributed by atoms with Gasteiger partial charge < -0.3 is 9.84 Å². The van der Waals surface area contributed by atoms with Crippen molar-refractivity contribution in [1.82, 2.24) is 4.83 Å². The highest BCUT2D eigenvalue weighted by atomic mass is 32.2. The largest absolute Gasteiger partial charge is 0.504 e. The number of phenols is 1. The average molecular weight is 379 g/mol. The monoisotopic (exact) mass is 379 g/mol. The number of nitro groups is 1. The van der Waals surface area contributed by atoms with Gasteiger partial charge in [-0.1, -0.05) is 6.07 Å². The maximum Gasteiger partial charge on any atom is 0.282 e. The molecule has 0 aliphatic rings. The lowest BCUT2D eigenvalue weighted by atomic mass is 10.1. The van der Waals surface area contributed by atoms with Crippen LogP contribution in [-0.2, 0) is 10.0 Å². The second kappa shape index (κ2) is 7.40. The molecule has 0 heterocycles. The Morgan fingerprint density at radius 2 is 1.92 bits per heavy atom. The van der Waals surface area contributed by atoms with Crippen molar-refractivity contribution >= 4 is 21.9 Å².